The third-order valence-corrected chi connectivity index (χ3v) is 7.27. The van der Waals surface area contributed by atoms with Crippen molar-refractivity contribution in [3.8, 4) is 0 Å². The maximum Gasteiger partial charge on any atom is 0.323 e. The van der Waals surface area contributed by atoms with Gasteiger partial charge < -0.3 is 9.42 Å². The van der Waals surface area contributed by atoms with Gasteiger partial charge >= 0.3 is 6.03 Å². The number of benzene rings is 1. The van der Waals surface area contributed by atoms with Crippen LogP contribution in [0.3, 0.4) is 0 Å². The number of amides is 2. The van der Waals surface area contributed by atoms with Crippen LogP contribution < -0.4 is 5.32 Å². The Labute approximate surface area is 157 Å². The van der Waals surface area contributed by atoms with Crippen molar-refractivity contribution >= 4 is 21.7 Å². The molecule has 2 heterocycles. The Hall–Kier alpha value is -2.42. The van der Waals surface area contributed by atoms with E-state index in [0.717, 1.165) is 12.5 Å². The SMILES string of the molecule is Cc1cccc(S(=O)(=O)[C@@](C)(F)C2CCN(C(=O)Nc3ccon3)CC2)c1. The highest BCUT2D eigenvalue weighted by atomic mass is 32.2. The molecule has 9 heteroatoms. The summed E-state index contributed by atoms with van der Waals surface area (Å²) >= 11 is 0. The predicted octanol–water partition coefficient (Wildman–Crippen LogP) is 3.39. The Morgan fingerprint density at radius 3 is 2.63 bits per heavy atom. The molecule has 0 saturated carbocycles. The summed E-state index contributed by atoms with van der Waals surface area (Å²) in [5.74, 6) is -0.404. The third kappa shape index (κ3) is 3.83. The van der Waals surface area contributed by atoms with Gasteiger partial charge in [0, 0.05) is 25.1 Å². The maximum atomic E-state index is 15.5. The van der Waals surface area contributed by atoms with Gasteiger partial charge in [-0.15, -0.1) is 0 Å². The van der Waals surface area contributed by atoms with Crippen LogP contribution in [0, 0.1) is 12.8 Å². The predicted molar refractivity (Wildman–Crippen MR) is 97.7 cm³/mol. The second kappa shape index (κ2) is 7.30. The molecule has 1 N–H and O–H groups in total. The summed E-state index contributed by atoms with van der Waals surface area (Å²) < 4.78 is 45.8. The average molecular weight is 395 g/mol. The normalized spacial score (nSPS) is 18.1. The topological polar surface area (TPSA) is 92.5 Å². The zero-order valence-corrected chi connectivity index (χ0v) is 16.0. The molecule has 1 aliphatic heterocycles. The number of aromatic nitrogens is 1. The largest absolute Gasteiger partial charge is 0.363 e. The third-order valence-electron chi connectivity index (χ3n) is 5.01. The van der Waals surface area contributed by atoms with Gasteiger partial charge in [0.05, 0.1) is 4.90 Å². The molecule has 2 amide bonds. The molecule has 0 radical (unpaired) electrons. The number of nitrogens with one attached hydrogen (secondary N) is 1. The summed E-state index contributed by atoms with van der Waals surface area (Å²) in [6, 6.07) is 7.41. The summed E-state index contributed by atoms with van der Waals surface area (Å²) in [6.45, 7) is 3.41. The van der Waals surface area contributed by atoms with Crippen LogP contribution in [0.1, 0.15) is 25.3 Å². The van der Waals surface area contributed by atoms with E-state index >= 15 is 4.39 Å². The smallest absolute Gasteiger partial charge is 0.323 e. The van der Waals surface area contributed by atoms with Gasteiger partial charge in [0.1, 0.15) is 6.26 Å². The number of carbonyl (C=O) groups excluding carboxylic acids is 1. The number of hydrogen-bond donors (Lipinski definition) is 1. The number of carbonyl (C=O) groups is 1. The molecule has 2 aromatic rings. The van der Waals surface area contributed by atoms with E-state index in [1.807, 2.05) is 0 Å². The number of aryl methyl sites for hydroxylation is 1. The Kier molecular flexibility index (Phi) is 5.23. The molecular weight excluding hydrogens is 373 g/mol. The molecule has 0 unspecified atom stereocenters. The molecule has 3 rings (SSSR count). The standard InChI is InChI=1S/C18H22FN3O4S/c1-13-4-3-5-15(12-13)27(24,25)18(2,19)14-6-9-22(10-7-14)17(23)20-16-8-11-26-21-16/h3-5,8,11-12,14H,6-7,9-10H2,1-2H3,(H,20,21,23)/t18-/m1/s1. The van der Waals surface area contributed by atoms with Crippen LogP contribution in [-0.2, 0) is 9.84 Å². The van der Waals surface area contributed by atoms with Gasteiger partial charge in [-0.1, -0.05) is 17.3 Å². The minimum Gasteiger partial charge on any atom is -0.363 e. The van der Waals surface area contributed by atoms with Crippen LogP contribution >= 0.6 is 0 Å². The van der Waals surface area contributed by atoms with Gasteiger partial charge in [0.2, 0.25) is 14.8 Å². The zero-order valence-electron chi connectivity index (χ0n) is 15.2. The molecule has 1 aliphatic rings. The average Bonchev–Trinajstić information content (AvgIpc) is 3.14. The number of sulfone groups is 1. The van der Waals surface area contributed by atoms with Crippen LogP contribution in [0.2, 0.25) is 0 Å². The molecule has 0 aliphatic carbocycles. The number of anilines is 1. The molecule has 27 heavy (non-hydrogen) atoms. The van der Waals surface area contributed by atoms with Crippen molar-refractivity contribution in [2.24, 2.45) is 5.92 Å². The van der Waals surface area contributed by atoms with Crippen LogP contribution in [0.25, 0.3) is 0 Å². The van der Waals surface area contributed by atoms with Gasteiger partial charge in [-0.05, 0) is 44.4 Å². The summed E-state index contributed by atoms with van der Waals surface area (Å²) in [7, 11) is -4.15. The van der Waals surface area contributed by atoms with E-state index in [1.54, 1.807) is 19.1 Å². The number of piperidine rings is 1. The number of halogens is 1. The lowest BCUT2D eigenvalue weighted by molar-refractivity contribution is 0.117. The van der Waals surface area contributed by atoms with Crippen molar-refractivity contribution in [3.05, 3.63) is 42.2 Å². The summed E-state index contributed by atoms with van der Waals surface area (Å²) in [5, 5.41) is 3.78. The number of hydrogen-bond acceptors (Lipinski definition) is 5. The first-order valence-electron chi connectivity index (χ1n) is 8.68. The lowest BCUT2D eigenvalue weighted by atomic mass is 9.92. The molecule has 1 aromatic heterocycles. The van der Waals surface area contributed by atoms with Crippen molar-refractivity contribution in [1.29, 1.82) is 0 Å². The molecule has 0 bridgehead atoms. The Morgan fingerprint density at radius 2 is 2.04 bits per heavy atom. The van der Waals surface area contributed by atoms with Crippen molar-refractivity contribution < 1.29 is 22.1 Å². The second-order valence-corrected chi connectivity index (χ2v) is 9.16. The summed E-state index contributed by atoms with van der Waals surface area (Å²) in [4.78, 5) is 13.7. The van der Waals surface area contributed by atoms with Gasteiger partial charge in [0.25, 0.3) is 0 Å². The molecule has 146 valence electrons. The Bertz CT molecular complexity index is 904. The number of nitrogens with zero attached hydrogens (tertiary/aromatic N) is 2. The number of likely N-dealkylation sites (tertiary alicyclic amines) is 1. The highest BCUT2D eigenvalue weighted by molar-refractivity contribution is 7.92. The van der Waals surface area contributed by atoms with E-state index in [4.69, 9.17) is 0 Å². The first-order chi connectivity index (χ1) is 12.7. The fourth-order valence-electron chi connectivity index (χ4n) is 3.30. The molecule has 1 aromatic carbocycles. The van der Waals surface area contributed by atoms with Crippen molar-refractivity contribution in [2.45, 2.75) is 36.6 Å². The molecule has 1 atom stereocenters. The number of alkyl halides is 1. The fourth-order valence-corrected chi connectivity index (χ4v) is 5.03. The van der Waals surface area contributed by atoms with E-state index in [1.165, 1.54) is 29.4 Å². The number of rotatable bonds is 4. The van der Waals surface area contributed by atoms with Crippen LogP contribution in [0.5, 0.6) is 0 Å². The van der Waals surface area contributed by atoms with E-state index < -0.39 is 20.8 Å². The highest BCUT2D eigenvalue weighted by Crippen LogP contribution is 2.39. The van der Waals surface area contributed by atoms with E-state index in [9.17, 15) is 13.2 Å². The minimum absolute atomic E-state index is 0.0151. The van der Waals surface area contributed by atoms with Gasteiger partial charge in [-0.2, -0.15) is 0 Å². The van der Waals surface area contributed by atoms with Crippen molar-refractivity contribution in [2.75, 3.05) is 18.4 Å². The first-order valence-corrected chi connectivity index (χ1v) is 10.2. The molecule has 7 nitrogen and oxygen atoms in total. The second-order valence-electron chi connectivity index (χ2n) is 6.88. The van der Waals surface area contributed by atoms with E-state index in [2.05, 4.69) is 15.0 Å². The molecule has 1 saturated heterocycles. The van der Waals surface area contributed by atoms with Gasteiger partial charge in [-0.3, -0.25) is 5.32 Å². The van der Waals surface area contributed by atoms with E-state index in [0.29, 0.717) is 5.82 Å². The molecule has 0 spiro atoms. The monoisotopic (exact) mass is 395 g/mol. The summed E-state index contributed by atoms with van der Waals surface area (Å²) in [6.07, 6.45) is 1.85. The Morgan fingerprint density at radius 1 is 1.33 bits per heavy atom. The van der Waals surface area contributed by atoms with E-state index in [-0.39, 0.29) is 36.9 Å². The van der Waals surface area contributed by atoms with Crippen molar-refractivity contribution in [3.63, 3.8) is 0 Å². The molecular formula is C18H22FN3O4S. The van der Waals surface area contributed by atoms with Crippen LogP contribution in [0.15, 0.2) is 46.0 Å². The van der Waals surface area contributed by atoms with Crippen molar-refractivity contribution in [1.82, 2.24) is 10.1 Å². The minimum atomic E-state index is -4.15. The quantitative estimate of drug-likeness (QED) is 0.857. The Balaban J connectivity index is 1.68. The lowest BCUT2D eigenvalue weighted by Crippen LogP contribution is -2.48. The lowest BCUT2D eigenvalue weighted by Gasteiger charge is -2.37. The first kappa shape index (κ1) is 19.3. The van der Waals surface area contributed by atoms with Gasteiger partial charge in [-0.25, -0.2) is 17.6 Å². The fraction of sp³-hybridized carbons (Fsp3) is 0.444. The van der Waals surface area contributed by atoms with Crippen LogP contribution in [0.4, 0.5) is 15.0 Å². The summed E-state index contributed by atoms with van der Waals surface area (Å²) in [5.41, 5.74) is 0.756. The zero-order chi connectivity index (χ0) is 19.7. The maximum absolute atomic E-state index is 15.5. The molecule has 1 fully saturated rings. The highest BCUT2D eigenvalue weighted by Gasteiger charge is 2.48. The van der Waals surface area contributed by atoms with Crippen LogP contribution in [-0.4, -0.2) is 42.6 Å². The number of urea groups is 1. The van der Waals surface area contributed by atoms with Gasteiger partial charge in [0.15, 0.2) is 5.82 Å².